The molecule has 3 aromatic heterocycles. The third kappa shape index (κ3) is 5.75. The van der Waals surface area contributed by atoms with Crippen LogP contribution in [0.2, 0.25) is 0 Å². The minimum absolute atomic E-state index is 0.624. The first-order valence-corrected chi connectivity index (χ1v) is 14.4. The maximum atomic E-state index is 5.50. The van der Waals surface area contributed by atoms with Crippen molar-refractivity contribution in [3.63, 3.8) is 0 Å². The first-order valence-electron chi connectivity index (χ1n) is 10.9. The molecule has 0 N–H and O–H groups in total. The van der Waals surface area contributed by atoms with Gasteiger partial charge in [-0.25, -0.2) is 9.97 Å². The van der Waals surface area contributed by atoms with Crippen LogP contribution in [0.15, 0.2) is 49.4 Å². The molecule has 1 saturated heterocycles. The van der Waals surface area contributed by atoms with Crippen LogP contribution < -0.4 is 0 Å². The van der Waals surface area contributed by atoms with Crippen LogP contribution in [0, 0.1) is 5.92 Å². The van der Waals surface area contributed by atoms with Gasteiger partial charge in [0.1, 0.15) is 15.7 Å². The minimum atomic E-state index is 0.624. The van der Waals surface area contributed by atoms with Crippen molar-refractivity contribution in [2.24, 2.45) is 5.92 Å². The summed E-state index contributed by atoms with van der Waals surface area (Å²) >= 11 is 6.71. The van der Waals surface area contributed by atoms with E-state index in [1.807, 2.05) is 6.07 Å². The number of morpholine rings is 1. The Kier molecular flexibility index (Phi) is 7.59. The average molecular weight is 516 g/mol. The van der Waals surface area contributed by atoms with Crippen molar-refractivity contribution in [2.75, 3.05) is 32.1 Å². The first-order chi connectivity index (χ1) is 16.2. The Morgan fingerprint density at radius 2 is 1.85 bits per heavy atom. The highest BCUT2D eigenvalue weighted by Crippen LogP contribution is 2.42. The van der Waals surface area contributed by atoms with Gasteiger partial charge in [-0.15, -0.1) is 21.5 Å². The predicted molar refractivity (Wildman–Crippen MR) is 139 cm³/mol. The van der Waals surface area contributed by atoms with Gasteiger partial charge in [0.15, 0.2) is 8.68 Å². The summed E-state index contributed by atoms with van der Waals surface area (Å²) in [7, 11) is 0. The quantitative estimate of drug-likeness (QED) is 0.211. The van der Waals surface area contributed by atoms with E-state index in [2.05, 4.69) is 58.6 Å². The van der Waals surface area contributed by atoms with Crippen molar-refractivity contribution in [3.8, 4) is 11.1 Å². The van der Waals surface area contributed by atoms with Gasteiger partial charge in [-0.1, -0.05) is 67.3 Å². The van der Waals surface area contributed by atoms with E-state index in [0.29, 0.717) is 5.92 Å². The van der Waals surface area contributed by atoms with Gasteiger partial charge in [0.25, 0.3) is 0 Å². The van der Waals surface area contributed by atoms with Gasteiger partial charge in [0, 0.05) is 29.8 Å². The van der Waals surface area contributed by atoms with E-state index in [1.165, 1.54) is 11.1 Å². The van der Waals surface area contributed by atoms with Crippen molar-refractivity contribution in [1.82, 2.24) is 25.1 Å². The number of nitrogens with zero attached hydrogens (tertiary/aromatic N) is 5. The fourth-order valence-corrected chi connectivity index (χ4v) is 7.60. The van der Waals surface area contributed by atoms with Crippen LogP contribution in [-0.4, -0.2) is 57.1 Å². The molecule has 0 radical (unpaired) electrons. The largest absolute Gasteiger partial charge is 0.379 e. The van der Waals surface area contributed by atoms with Gasteiger partial charge in [-0.05, 0) is 23.2 Å². The fraction of sp³-hybridized carbons (Fsp3) is 0.391. The van der Waals surface area contributed by atoms with E-state index >= 15 is 0 Å². The second kappa shape index (κ2) is 10.8. The summed E-state index contributed by atoms with van der Waals surface area (Å²) in [5, 5.41) is 13.1. The number of benzene rings is 1. The first kappa shape index (κ1) is 23.2. The Balaban J connectivity index is 1.50. The van der Waals surface area contributed by atoms with E-state index < -0.39 is 0 Å². The molecule has 10 heteroatoms. The highest BCUT2D eigenvalue weighted by molar-refractivity contribution is 8.03. The lowest BCUT2D eigenvalue weighted by Crippen LogP contribution is -2.36. The molecule has 172 valence electrons. The molecule has 0 spiro atoms. The molecule has 1 aliphatic rings. The van der Waals surface area contributed by atoms with Gasteiger partial charge >= 0.3 is 0 Å². The van der Waals surface area contributed by atoms with Crippen molar-refractivity contribution in [3.05, 3.63) is 41.5 Å². The molecule has 1 aliphatic heterocycles. The molecule has 0 atom stereocenters. The van der Waals surface area contributed by atoms with E-state index in [1.54, 1.807) is 46.2 Å². The van der Waals surface area contributed by atoms with Crippen LogP contribution in [0.5, 0.6) is 0 Å². The SMILES string of the molecule is CC(C)CSc1nnc(Sc2nc(CN3CCOCC3)nc3scc(-c4ccccc4)c23)s1. The number of hydrogen-bond acceptors (Lipinski definition) is 10. The highest BCUT2D eigenvalue weighted by atomic mass is 32.2. The number of thiophene rings is 1. The third-order valence-corrected chi connectivity index (χ3v) is 9.51. The lowest BCUT2D eigenvalue weighted by Gasteiger charge is -2.25. The zero-order valence-electron chi connectivity index (χ0n) is 18.6. The molecule has 1 aromatic carbocycles. The topological polar surface area (TPSA) is 64.0 Å². The van der Waals surface area contributed by atoms with Gasteiger partial charge in [-0.3, -0.25) is 4.90 Å². The molecule has 0 unspecified atom stereocenters. The number of fused-ring (bicyclic) bond motifs is 1. The number of hydrogen-bond donors (Lipinski definition) is 0. The smallest absolute Gasteiger partial charge is 0.181 e. The number of ether oxygens (including phenoxy) is 1. The molecule has 1 fully saturated rings. The molecule has 5 rings (SSSR count). The Morgan fingerprint density at radius 3 is 2.64 bits per heavy atom. The third-order valence-electron chi connectivity index (χ3n) is 5.11. The number of aromatic nitrogens is 4. The maximum absolute atomic E-state index is 5.50. The molecule has 4 aromatic rings. The van der Waals surface area contributed by atoms with Gasteiger partial charge in [0.2, 0.25) is 0 Å². The maximum Gasteiger partial charge on any atom is 0.181 e. The Bertz CT molecular complexity index is 1200. The lowest BCUT2D eigenvalue weighted by atomic mass is 10.1. The lowest BCUT2D eigenvalue weighted by molar-refractivity contribution is 0.0330. The predicted octanol–water partition coefficient (Wildman–Crippen LogP) is 5.94. The van der Waals surface area contributed by atoms with Gasteiger partial charge in [0.05, 0.1) is 25.1 Å². The Labute approximate surface area is 210 Å². The van der Waals surface area contributed by atoms with Crippen LogP contribution in [0.25, 0.3) is 21.3 Å². The normalized spacial score (nSPS) is 15.0. The second-order valence-electron chi connectivity index (χ2n) is 8.17. The summed E-state index contributed by atoms with van der Waals surface area (Å²) in [6.45, 7) is 8.53. The van der Waals surface area contributed by atoms with E-state index in [0.717, 1.165) is 68.3 Å². The molecule has 0 aliphatic carbocycles. The van der Waals surface area contributed by atoms with Crippen molar-refractivity contribution < 1.29 is 4.74 Å². The zero-order valence-corrected chi connectivity index (χ0v) is 21.8. The Hall–Kier alpha value is -1.56. The van der Waals surface area contributed by atoms with Gasteiger partial charge < -0.3 is 4.74 Å². The molecule has 4 heterocycles. The number of rotatable bonds is 8. The average Bonchev–Trinajstić information content (AvgIpc) is 3.46. The summed E-state index contributed by atoms with van der Waals surface area (Å²) in [6.07, 6.45) is 0. The summed E-state index contributed by atoms with van der Waals surface area (Å²) in [6, 6.07) is 10.5. The minimum Gasteiger partial charge on any atom is -0.379 e. The van der Waals surface area contributed by atoms with Crippen LogP contribution >= 0.6 is 46.2 Å². The van der Waals surface area contributed by atoms with Crippen molar-refractivity contribution in [2.45, 2.75) is 34.1 Å². The summed E-state index contributed by atoms with van der Waals surface area (Å²) in [4.78, 5) is 13.4. The summed E-state index contributed by atoms with van der Waals surface area (Å²) in [5.74, 6) is 2.52. The van der Waals surface area contributed by atoms with E-state index in [4.69, 9.17) is 14.7 Å². The van der Waals surface area contributed by atoms with E-state index in [9.17, 15) is 0 Å². The molecule has 33 heavy (non-hydrogen) atoms. The van der Waals surface area contributed by atoms with Gasteiger partial charge in [-0.2, -0.15) is 0 Å². The standard InChI is InChI=1S/C23H25N5OS4/c1-15(2)13-31-22-26-27-23(33-22)32-21-19-17(16-6-4-3-5-7-16)14-30-20(19)24-18(25-21)12-28-8-10-29-11-9-28/h3-7,14-15H,8-13H2,1-2H3. The summed E-state index contributed by atoms with van der Waals surface area (Å²) < 4.78 is 7.43. The van der Waals surface area contributed by atoms with Crippen LogP contribution in [-0.2, 0) is 11.3 Å². The Morgan fingerprint density at radius 1 is 1.06 bits per heavy atom. The van der Waals surface area contributed by atoms with Crippen molar-refractivity contribution >= 4 is 56.4 Å². The van der Waals surface area contributed by atoms with Crippen LogP contribution in [0.3, 0.4) is 0 Å². The molecule has 0 saturated carbocycles. The van der Waals surface area contributed by atoms with Crippen LogP contribution in [0.1, 0.15) is 19.7 Å². The van der Waals surface area contributed by atoms with Crippen molar-refractivity contribution in [1.29, 1.82) is 0 Å². The highest BCUT2D eigenvalue weighted by Gasteiger charge is 2.20. The second-order valence-corrected chi connectivity index (χ2v) is 12.5. The molecule has 0 bridgehead atoms. The van der Waals surface area contributed by atoms with E-state index in [-0.39, 0.29) is 0 Å². The van der Waals surface area contributed by atoms with Crippen LogP contribution in [0.4, 0.5) is 0 Å². The fourth-order valence-electron chi connectivity index (χ4n) is 3.50. The molecule has 6 nitrogen and oxygen atoms in total. The number of thioether (sulfide) groups is 1. The molecular weight excluding hydrogens is 491 g/mol. The zero-order chi connectivity index (χ0) is 22.6. The molecular formula is C23H25N5OS4. The summed E-state index contributed by atoms with van der Waals surface area (Å²) in [5.41, 5.74) is 2.36. The monoisotopic (exact) mass is 515 g/mol. The molecule has 0 amide bonds.